The number of hydrogen-bond acceptors (Lipinski definition) is 5. The second-order valence-electron chi connectivity index (χ2n) is 6.79. The van der Waals surface area contributed by atoms with Gasteiger partial charge in [-0.1, -0.05) is 29.3 Å². The number of urea groups is 1. The first-order valence-electron chi connectivity index (χ1n) is 9.18. The Kier molecular flexibility index (Phi) is 7.16. The molecule has 2 aromatic carbocycles. The molecule has 1 fully saturated rings. The number of carboxylic acid groups (broad SMARTS) is 1. The molecule has 1 saturated heterocycles. The number of amides is 4. The fraction of sp³-hybridized carbons (Fsp3) is 0.143. The van der Waals surface area contributed by atoms with Crippen LogP contribution in [0, 0.1) is 6.92 Å². The molecule has 4 amide bonds. The number of benzene rings is 2. The van der Waals surface area contributed by atoms with Gasteiger partial charge >= 0.3 is 12.0 Å². The summed E-state index contributed by atoms with van der Waals surface area (Å²) < 4.78 is 5.48. The van der Waals surface area contributed by atoms with Crippen LogP contribution < -0.4 is 15.4 Å². The normalized spacial score (nSPS) is 14.5. The molecule has 166 valence electrons. The average molecular weight is 523 g/mol. The lowest BCUT2D eigenvalue weighted by atomic mass is 10.2. The van der Waals surface area contributed by atoms with Crippen LogP contribution in [0.4, 0.5) is 10.5 Å². The van der Waals surface area contributed by atoms with Gasteiger partial charge < -0.3 is 20.5 Å². The Balaban J connectivity index is 1.71. The topological polar surface area (TPSA) is 125 Å². The highest BCUT2D eigenvalue weighted by Crippen LogP contribution is 2.35. The van der Waals surface area contributed by atoms with Crippen molar-refractivity contribution in [2.75, 3.05) is 18.5 Å². The zero-order valence-corrected chi connectivity index (χ0v) is 19.0. The van der Waals surface area contributed by atoms with Crippen molar-refractivity contribution in [3.63, 3.8) is 0 Å². The number of hydrogen-bond donors (Lipinski definition) is 3. The van der Waals surface area contributed by atoms with E-state index in [9.17, 15) is 19.2 Å². The number of anilines is 1. The number of carbonyl (C=O) groups excluding carboxylic acids is 3. The number of halogens is 2. The first kappa shape index (κ1) is 23.3. The maximum Gasteiger partial charge on any atom is 0.341 e. The first-order valence-corrected chi connectivity index (χ1v) is 10.4. The van der Waals surface area contributed by atoms with Gasteiger partial charge in [0.05, 0.1) is 9.50 Å². The van der Waals surface area contributed by atoms with Crippen LogP contribution in [0.3, 0.4) is 0 Å². The highest BCUT2D eigenvalue weighted by molar-refractivity contribution is 9.10. The quantitative estimate of drug-likeness (QED) is 0.378. The summed E-state index contributed by atoms with van der Waals surface area (Å²) in [7, 11) is 0. The van der Waals surface area contributed by atoms with Crippen molar-refractivity contribution in [3.05, 3.63) is 62.7 Å². The number of aryl methyl sites for hydroxylation is 1. The third-order valence-corrected chi connectivity index (χ3v) is 5.14. The van der Waals surface area contributed by atoms with Gasteiger partial charge in [-0.2, -0.15) is 0 Å². The van der Waals surface area contributed by atoms with Gasteiger partial charge in [0.2, 0.25) is 5.91 Å². The summed E-state index contributed by atoms with van der Waals surface area (Å²) >= 11 is 9.38. The predicted octanol–water partition coefficient (Wildman–Crippen LogP) is 3.41. The summed E-state index contributed by atoms with van der Waals surface area (Å²) in [5.41, 5.74) is 1.98. The molecule has 1 aliphatic rings. The van der Waals surface area contributed by atoms with Gasteiger partial charge in [0.15, 0.2) is 12.4 Å². The Bertz CT molecular complexity index is 1110. The fourth-order valence-electron chi connectivity index (χ4n) is 2.80. The SMILES string of the molecule is Cc1ccc(NC(=O)CN2C(=O)N/C(=C/c3cc(Cl)c(OCC(=O)O)c(Br)c3)C2=O)cc1. The van der Waals surface area contributed by atoms with Crippen LogP contribution in [0.25, 0.3) is 6.08 Å². The third-order valence-electron chi connectivity index (χ3n) is 4.27. The minimum absolute atomic E-state index is 0.0414. The lowest BCUT2D eigenvalue weighted by Gasteiger charge is -2.12. The molecule has 3 N–H and O–H groups in total. The number of rotatable bonds is 7. The highest BCUT2D eigenvalue weighted by Gasteiger charge is 2.35. The molecule has 11 heteroatoms. The maximum atomic E-state index is 12.6. The van der Waals surface area contributed by atoms with Gasteiger partial charge in [-0.3, -0.25) is 9.59 Å². The van der Waals surface area contributed by atoms with Crippen LogP contribution in [0.5, 0.6) is 5.75 Å². The van der Waals surface area contributed by atoms with Crippen molar-refractivity contribution in [3.8, 4) is 5.75 Å². The molecule has 0 unspecified atom stereocenters. The number of imide groups is 1. The van der Waals surface area contributed by atoms with Crippen molar-refractivity contribution in [1.29, 1.82) is 0 Å². The van der Waals surface area contributed by atoms with Crippen LogP contribution in [0.15, 0.2) is 46.6 Å². The van der Waals surface area contributed by atoms with Crippen molar-refractivity contribution >= 4 is 63.1 Å². The Hall–Kier alpha value is -3.37. The molecule has 9 nitrogen and oxygen atoms in total. The minimum Gasteiger partial charge on any atom is -0.479 e. The Morgan fingerprint density at radius 1 is 1.25 bits per heavy atom. The second-order valence-corrected chi connectivity index (χ2v) is 8.05. The third kappa shape index (κ3) is 5.65. The second kappa shape index (κ2) is 9.84. The molecular formula is C21H17BrClN3O6. The van der Waals surface area contributed by atoms with Gasteiger partial charge in [-0.15, -0.1) is 0 Å². The van der Waals surface area contributed by atoms with Crippen LogP contribution in [-0.2, 0) is 14.4 Å². The fourth-order valence-corrected chi connectivity index (χ4v) is 3.79. The minimum atomic E-state index is -1.16. The van der Waals surface area contributed by atoms with E-state index in [1.807, 2.05) is 19.1 Å². The zero-order valence-electron chi connectivity index (χ0n) is 16.6. The summed E-state index contributed by atoms with van der Waals surface area (Å²) in [5.74, 6) is -2.23. The molecule has 0 bridgehead atoms. The molecule has 1 heterocycles. The van der Waals surface area contributed by atoms with Crippen LogP contribution in [0.1, 0.15) is 11.1 Å². The van der Waals surface area contributed by atoms with Crippen LogP contribution in [-0.4, -0.2) is 47.0 Å². The van der Waals surface area contributed by atoms with E-state index < -0.39 is 37.0 Å². The van der Waals surface area contributed by atoms with Crippen LogP contribution >= 0.6 is 27.5 Å². The van der Waals surface area contributed by atoms with Gasteiger partial charge in [-0.05, 0) is 58.8 Å². The molecule has 0 aromatic heterocycles. The molecule has 3 rings (SSSR count). The average Bonchev–Trinajstić information content (AvgIpc) is 2.96. The summed E-state index contributed by atoms with van der Waals surface area (Å²) in [6.07, 6.45) is 1.38. The van der Waals surface area contributed by atoms with E-state index in [2.05, 4.69) is 26.6 Å². The number of aliphatic carboxylic acids is 1. The highest BCUT2D eigenvalue weighted by atomic mass is 79.9. The molecule has 0 atom stereocenters. The number of nitrogens with one attached hydrogen (secondary N) is 2. The Labute approximate surface area is 196 Å². The van der Waals surface area contributed by atoms with E-state index in [0.29, 0.717) is 15.7 Å². The zero-order chi connectivity index (χ0) is 23.4. The van der Waals surface area contributed by atoms with Crippen molar-refractivity contribution < 1.29 is 29.0 Å². The maximum absolute atomic E-state index is 12.6. The van der Waals surface area contributed by atoms with Crippen molar-refractivity contribution in [2.24, 2.45) is 0 Å². The molecule has 0 radical (unpaired) electrons. The van der Waals surface area contributed by atoms with E-state index >= 15 is 0 Å². The van der Waals surface area contributed by atoms with Crippen LogP contribution in [0.2, 0.25) is 5.02 Å². The van der Waals surface area contributed by atoms with E-state index in [4.69, 9.17) is 21.4 Å². The van der Waals surface area contributed by atoms with Gasteiger partial charge in [0.25, 0.3) is 5.91 Å². The monoisotopic (exact) mass is 521 g/mol. The standard InChI is InChI=1S/C21H17BrClN3O6/c1-11-2-4-13(5-3-11)24-17(27)9-26-20(30)16(25-21(26)31)8-12-6-14(22)19(15(23)7-12)32-10-18(28)29/h2-8H,9-10H2,1H3,(H,24,27)(H,25,31)(H,28,29)/b16-8+. The summed E-state index contributed by atoms with van der Waals surface area (Å²) in [4.78, 5) is 48.6. The number of carboxylic acids is 1. The van der Waals surface area contributed by atoms with E-state index in [0.717, 1.165) is 10.5 Å². The summed E-state index contributed by atoms with van der Waals surface area (Å²) in [6.45, 7) is 0.879. The van der Waals surface area contributed by atoms with E-state index in [-0.39, 0.29) is 16.5 Å². The smallest absolute Gasteiger partial charge is 0.341 e. The molecule has 0 saturated carbocycles. The lowest BCUT2D eigenvalue weighted by molar-refractivity contribution is -0.139. The van der Waals surface area contributed by atoms with Crippen molar-refractivity contribution in [1.82, 2.24) is 10.2 Å². The van der Waals surface area contributed by atoms with Gasteiger partial charge in [0.1, 0.15) is 12.2 Å². The summed E-state index contributed by atoms with van der Waals surface area (Å²) in [6, 6.07) is 9.35. The summed E-state index contributed by atoms with van der Waals surface area (Å²) in [5, 5.41) is 13.9. The first-order chi connectivity index (χ1) is 15.1. The molecule has 2 aromatic rings. The predicted molar refractivity (Wildman–Crippen MR) is 120 cm³/mol. The lowest BCUT2D eigenvalue weighted by Crippen LogP contribution is -2.38. The van der Waals surface area contributed by atoms with E-state index in [1.165, 1.54) is 12.1 Å². The van der Waals surface area contributed by atoms with Crippen molar-refractivity contribution in [2.45, 2.75) is 6.92 Å². The van der Waals surface area contributed by atoms with E-state index in [1.54, 1.807) is 18.2 Å². The number of nitrogens with zero attached hydrogens (tertiary/aromatic N) is 1. The largest absolute Gasteiger partial charge is 0.479 e. The molecular weight excluding hydrogens is 506 g/mol. The number of ether oxygens (including phenoxy) is 1. The van der Waals surface area contributed by atoms with Gasteiger partial charge in [-0.25, -0.2) is 14.5 Å². The Morgan fingerprint density at radius 3 is 2.56 bits per heavy atom. The molecule has 1 aliphatic heterocycles. The molecule has 32 heavy (non-hydrogen) atoms. The molecule has 0 aliphatic carbocycles. The molecule has 0 spiro atoms. The van der Waals surface area contributed by atoms with Gasteiger partial charge in [0, 0.05) is 5.69 Å². The number of carbonyl (C=O) groups is 4. The Morgan fingerprint density at radius 2 is 1.94 bits per heavy atom.